The van der Waals surface area contributed by atoms with Gasteiger partial charge in [0.1, 0.15) is 5.75 Å². The molecule has 0 aromatic heterocycles. The fraction of sp³-hybridized carbons (Fsp3) is 0.300. The van der Waals surface area contributed by atoms with E-state index in [0.717, 1.165) is 11.3 Å². The Bertz CT molecular complexity index is 360. The first-order chi connectivity index (χ1) is 6.24. The molecule has 1 aromatic carbocycles. The molecule has 13 heavy (non-hydrogen) atoms. The van der Waals surface area contributed by atoms with Gasteiger partial charge in [-0.25, -0.2) is 0 Å². The summed E-state index contributed by atoms with van der Waals surface area (Å²) in [6.07, 6.45) is 0.595. The molecule has 2 N–H and O–H groups in total. The molecule has 0 spiro atoms. The largest absolute Gasteiger partial charge is 0.496 e. The predicted molar refractivity (Wildman–Crippen MR) is 49.0 cm³/mol. The van der Waals surface area contributed by atoms with Gasteiger partial charge in [-0.3, -0.25) is 4.79 Å². The van der Waals surface area contributed by atoms with E-state index in [4.69, 9.17) is 10.5 Å². The van der Waals surface area contributed by atoms with E-state index in [1.165, 1.54) is 0 Å². The third-order valence-electron chi connectivity index (χ3n) is 2.38. The number of rotatable bonds is 1. The van der Waals surface area contributed by atoms with Crippen LogP contribution in [0.2, 0.25) is 0 Å². The maximum absolute atomic E-state index is 11.5. The second-order valence-electron chi connectivity index (χ2n) is 3.16. The van der Waals surface area contributed by atoms with Crippen molar-refractivity contribution in [3.63, 3.8) is 0 Å². The van der Waals surface area contributed by atoms with Crippen LogP contribution in [-0.2, 0) is 6.42 Å². The summed E-state index contributed by atoms with van der Waals surface area (Å²) in [5.41, 5.74) is 7.31. The lowest BCUT2D eigenvalue weighted by Gasteiger charge is -2.04. The van der Waals surface area contributed by atoms with Crippen LogP contribution in [-0.4, -0.2) is 18.9 Å². The topological polar surface area (TPSA) is 52.3 Å². The van der Waals surface area contributed by atoms with Crippen LogP contribution < -0.4 is 10.5 Å². The molecule has 1 aromatic rings. The molecule has 3 nitrogen and oxygen atoms in total. The van der Waals surface area contributed by atoms with Crippen molar-refractivity contribution < 1.29 is 9.53 Å². The van der Waals surface area contributed by atoms with Crippen molar-refractivity contribution in [2.45, 2.75) is 12.5 Å². The third kappa shape index (κ3) is 1.12. The fourth-order valence-electron chi connectivity index (χ4n) is 1.71. The van der Waals surface area contributed by atoms with Gasteiger partial charge in [0.15, 0.2) is 5.78 Å². The summed E-state index contributed by atoms with van der Waals surface area (Å²) < 4.78 is 5.15. The zero-order valence-corrected chi connectivity index (χ0v) is 7.41. The smallest absolute Gasteiger partial charge is 0.180 e. The lowest BCUT2D eigenvalue weighted by molar-refractivity contribution is 0.0974. The van der Waals surface area contributed by atoms with Gasteiger partial charge < -0.3 is 10.5 Å². The Kier molecular flexibility index (Phi) is 1.81. The Labute approximate surface area is 76.5 Å². The Morgan fingerprint density at radius 2 is 2.31 bits per heavy atom. The predicted octanol–water partition coefficient (Wildman–Crippen LogP) is 0.761. The van der Waals surface area contributed by atoms with Gasteiger partial charge in [-0.1, -0.05) is 12.1 Å². The summed E-state index contributed by atoms with van der Waals surface area (Å²) in [5.74, 6) is 0.785. The molecule has 1 aliphatic rings. The Hall–Kier alpha value is -1.35. The van der Waals surface area contributed by atoms with E-state index in [-0.39, 0.29) is 11.8 Å². The zero-order chi connectivity index (χ0) is 9.42. The highest BCUT2D eigenvalue weighted by Gasteiger charge is 2.29. The Balaban J connectivity index is 2.55. The lowest BCUT2D eigenvalue weighted by Crippen LogP contribution is -2.26. The molecule has 0 saturated heterocycles. The number of fused-ring (bicyclic) bond motifs is 1. The van der Waals surface area contributed by atoms with Gasteiger partial charge in [0.2, 0.25) is 0 Å². The van der Waals surface area contributed by atoms with Crippen LogP contribution in [0.25, 0.3) is 0 Å². The monoisotopic (exact) mass is 177 g/mol. The van der Waals surface area contributed by atoms with Gasteiger partial charge in [-0.2, -0.15) is 0 Å². The van der Waals surface area contributed by atoms with Gasteiger partial charge in [0, 0.05) is 11.1 Å². The maximum atomic E-state index is 11.5. The van der Waals surface area contributed by atoms with Crippen molar-refractivity contribution in [1.29, 1.82) is 0 Å². The number of hydrogen-bond donors (Lipinski definition) is 1. The summed E-state index contributed by atoms with van der Waals surface area (Å²) in [4.78, 5) is 11.5. The molecule has 0 saturated carbocycles. The fourth-order valence-corrected chi connectivity index (χ4v) is 1.71. The number of nitrogens with two attached hydrogens (primary N) is 1. The summed E-state index contributed by atoms with van der Waals surface area (Å²) in [6, 6.07) is 5.08. The van der Waals surface area contributed by atoms with Crippen LogP contribution in [0.15, 0.2) is 18.2 Å². The average molecular weight is 177 g/mol. The maximum Gasteiger partial charge on any atom is 0.180 e. The first-order valence-electron chi connectivity index (χ1n) is 4.19. The average Bonchev–Trinajstić information content (AvgIpc) is 2.43. The number of benzene rings is 1. The molecule has 0 aliphatic heterocycles. The van der Waals surface area contributed by atoms with Gasteiger partial charge in [0.05, 0.1) is 13.2 Å². The minimum Gasteiger partial charge on any atom is -0.496 e. The van der Waals surface area contributed by atoms with Crippen molar-refractivity contribution in [3.8, 4) is 5.75 Å². The van der Waals surface area contributed by atoms with Gasteiger partial charge >= 0.3 is 0 Å². The molecule has 1 unspecified atom stereocenters. The van der Waals surface area contributed by atoms with E-state index in [1.54, 1.807) is 13.2 Å². The SMILES string of the molecule is COc1cccc2c1CC(N)C2=O. The van der Waals surface area contributed by atoms with Crippen molar-refractivity contribution in [1.82, 2.24) is 0 Å². The number of carbonyl (C=O) groups is 1. The van der Waals surface area contributed by atoms with Gasteiger partial charge in [-0.15, -0.1) is 0 Å². The highest BCUT2D eigenvalue weighted by Crippen LogP contribution is 2.29. The van der Waals surface area contributed by atoms with Crippen molar-refractivity contribution in [2.75, 3.05) is 7.11 Å². The van der Waals surface area contributed by atoms with E-state index in [1.807, 2.05) is 12.1 Å². The Morgan fingerprint density at radius 1 is 1.54 bits per heavy atom. The number of hydrogen-bond acceptors (Lipinski definition) is 3. The van der Waals surface area contributed by atoms with Gasteiger partial charge in [-0.05, 0) is 12.5 Å². The summed E-state index contributed by atoms with van der Waals surface area (Å²) >= 11 is 0. The van der Waals surface area contributed by atoms with E-state index in [2.05, 4.69) is 0 Å². The standard InChI is InChI=1S/C10H11NO2/c1-13-9-4-2-3-6-7(9)5-8(11)10(6)12/h2-4,8H,5,11H2,1H3. The number of Topliss-reactive ketones (excluding diaryl/α,β-unsaturated/α-hetero) is 1. The first-order valence-corrected chi connectivity index (χ1v) is 4.19. The summed E-state index contributed by atoms with van der Waals surface area (Å²) in [6.45, 7) is 0. The van der Waals surface area contributed by atoms with Crippen molar-refractivity contribution >= 4 is 5.78 Å². The van der Waals surface area contributed by atoms with Crippen LogP contribution >= 0.6 is 0 Å². The van der Waals surface area contributed by atoms with Crippen LogP contribution in [0.5, 0.6) is 5.75 Å². The normalized spacial score (nSPS) is 20.2. The molecule has 0 heterocycles. The Morgan fingerprint density at radius 3 is 3.00 bits per heavy atom. The van der Waals surface area contributed by atoms with Crippen LogP contribution in [0.4, 0.5) is 0 Å². The quantitative estimate of drug-likeness (QED) is 0.689. The second-order valence-corrected chi connectivity index (χ2v) is 3.16. The molecule has 0 radical (unpaired) electrons. The molecular formula is C10H11NO2. The van der Waals surface area contributed by atoms with Crippen LogP contribution in [0, 0.1) is 0 Å². The molecule has 1 atom stereocenters. The highest BCUT2D eigenvalue weighted by atomic mass is 16.5. The van der Waals surface area contributed by atoms with Crippen LogP contribution in [0.1, 0.15) is 15.9 Å². The van der Waals surface area contributed by atoms with E-state index < -0.39 is 0 Å². The highest BCUT2D eigenvalue weighted by molar-refractivity contribution is 6.05. The number of methoxy groups -OCH3 is 1. The van der Waals surface area contributed by atoms with E-state index in [9.17, 15) is 4.79 Å². The minimum absolute atomic E-state index is 0.0221. The first kappa shape index (κ1) is 8.26. The number of ketones is 1. The number of ether oxygens (including phenoxy) is 1. The molecule has 0 fully saturated rings. The molecular weight excluding hydrogens is 166 g/mol. The molecule has 3 heteroatoms. The molecule has 1 aliphatic carbocycles. The lowest BCUT2D eigenvalue weighted by atomic mass is 10.1. The molecule has 68 valence electrons. The number of carbonyl (C=O) groups excluding carboxylic acids is 1. The van der Waals surface area contributed by atoms with E-state index in [0.29, 0.717) is 12.0 Å². The minimum atomic E-state index is -0.383. The second kappa shape index (κ2) is 2.85. The summed E-state index contributed by atoms with van der Waals surface area (Å²) in [5, 5.41) is 0. The molecule has 2 rings (SSSR count). The van der Waals surface area contributed by atoms with Crippen molar-refractivity contribution in [3.05, 3.63) is 29.3 Å². The van der Waals surface area contributed by atoms with Crippen LogP contribution in [0.3, 0.4) is 0 Å². The third-order valence-corrected chi connectivity index (χ3v) is 2.38. The zero-order valence-electron chi connectivity index (χ0n) is 7.41. The summed E-state index contributed by atoms with van der Waals surface area (Å²) in [7, 11) is 1.60. The molecule has 0 amide bonds. The molecule has 0 bridgehead atoms. The van der Waals surface area contributed by atoms with Crippen molar-refractivity contribution in [2.24, 2.45) is 5.73 Å². The van der Waals surface area contributed by atoms with Gasteiger partial charge in [0.25, 0.3) is 0 Å². The van der Waals surface area contributed by atoms with E-state index >= 15 is 0 Å².